The minimum Gasteiger partial charge on any atom is -0.481 e. The number of nitrogens with two attached hydrogens (primary N) is 1. The molecule has 1 unspecified atom stereocenters. The molecule has 6 nitrogen and oxygen atoms in total. The molecule has 1 heterocycles. The minimum atomic E-state index is -0.849. The van der Waals surface area contributed by atoms with Crippen molar-refractivity contribution in [3.63, 3.8) is 0 Å². The standard InChI is InChI=1S/C17H24N2O4/c1-17(2,3)23-16(22)19-9-8-12-10-11(4-6-14(12)19)13(18)5-7-15(20)21/h4,6,10,13H,5,7-9,18H2,1-3H3,(H,20,21). The summed E-state index contributed by atoms with van der Waals surface area (Å²) in [5, 5.41) is 8.74. The van der Waals surface area contributed by atoms with Gasteiger partial charge in [-0.05, 0) is 50.8 Å². The molecule has 0 radical (unpaired) electrons. The summed E-state index contributed by atoms with van der Waals surface area (Å²) in [6.07, 6.45) is 0.833. The van der Waals surface area contributed by atoms with Crippen LogP contribution in [0.4, 0.5) is 10.5 Å². The van der Waals surface area contributed by atoms with Gasteiger partial charge in [-0.15, -0.1) is 0 Å². The van der Waals surface area contributed by atoms with E-state index < -0.39 is 11.6 Å². The van der Waals surface area contributed by atoms with E-state index in [-0.39, 0.29) is 18.6 Å². The molecule has 0 saturated heterocycles. The number of benzene rings is 1. The van der Waals surface area contributed by atoms with E-state index in [9.17, 15) is 9.59 Å². The maximum atomic E-state index is 12.2. The number of anilines is 1. The van der Waals surface area contributed by atoms with Crippen molar-refractivity contribution in [3.05, 3.63) is 29.3 Å². The van der Waals surface area contributed by atoms with E-state index in [1.165, 1.54) is 0 Å². The van der Waals surface area contributed by atoms with E-state index >= 15 is 0 Å². The minimum absolute atomic E-state index is 0.0439. The van der Waals surface area contributed by atoms with Crippen LogP contribution >= 0.6 is 0 Å². The van der Waals surface area contributed by atoms with Crippen molar-refractivity contribution in [2.24, 2.45) is 5.73 Å². The van der Waals surface area contributed by atoms with E-state index in [1.54, 1.807) is 4.90 Å². The number of nitrogens with zero attached hydrogens (tertiary/aromatic N) is 1. The van der Waals surface area contributed by atoms with Crippen molar-refractivity contribution in [2.45, 2.75) is 51.7 Å². The molecule has 1 atom stereocenters. The van der Waals surface area contributed by atoms with Gasteiger partial charge < -0.3 is 15.6 Å². The molecule has 1 aliphatic heterocycles. The number of hydrogen-bond donors (Lipinski definition) is 2. The highest BCUT2D eigenvalue weighted by atomic mass is 16.6. The molecule has 0 aromatic heterocycles. The third kappa shape index (κ3) is 4.45. The van der Waals surface area contributed by atoms with Gasteiger partial charge in [0.1, 0.15) is 5.60 Å². The van der Waals surface area contributed by atoms with Crippen molar-refractivity contribution < 1.29 is 19.4 Å². The SMILES string of the molecule is CC(C)(C)OC(=O)N1CCc2cc(C(N)CCC(=O)O)ccc21. The van der Waals surface area contributed by atoms with Crippen LogP contribution in [0.2, 0.25) is 0 Å². The molecular formula is C17H24N2O4. The summed E-state index contributed by atoms with van der Waals surface area (Å²) in [4.78, 5) is 24.5. The third-order valence-corrected chi connectivity index (χ3v) is 3.71. The van der Waals surface area contributed by atoms with Crippen molar-refractivity contribution in [1.29, 1.82) is 0 Å². The summed E-state index contributed by atoms with van der Waals surface area (Å²) in [7, 11) is 0. The summed E-state index contributed by atoms with van der Waals surface area (Å²) in [5.74, 6) is -0.849. The zero-order valence-corrected chi connectivity index (χ0v) is 13.8. The first-order chi connectivity index (χ1) is 10.7. The predicted molar refractivity (Wildman–Crippen MR) is 87.5 cm³/mol. The van der Waals surface area contributed by atoms with Gasteiger partial charge in [-0.25, -0.2) is 4.79 Å². The molecule has 3 N–H and O–H groups in total. The molecule has 1 aliphatic rings. The lowest BCUT2D eigenvalue weighted by Crippen LogP contribution is -2.35. The van der Waals surface area contributed by atoms with Gasteiger partial charge >= 0.3 is 12.1 Å². The molecule has 6 heteroatoms. The van der Waals surface area contributed by atoms with E-state index in [4.69, 9.17) is 15.6 Å². The molecular weight excluding hydrogens is 296 g/mol. The molecule has 1 aromatic rings. The largest absolute Gasteiger partial charge is 0.481 e. The molecule has 0 aliphatic carbocycles. The Morgan fingerprint density at radius 3 is 2.70 bits per heavy atom. The zero-order valence-electron chi connectivity index (χ0n) is 13.8. The highest BCUT2D eigenvalue weighted by Gasteiger charge is 2.29. The summed E-state index contributed by atoms with van der Waals surface area (Å²) in [6.45, 7) is 6.10. The molecule has 0 saturated carbocycles. The van der Waals surface area contributed by atoms with E-state index in [1.807, 2.05) is 39.0 Å². The normalized spacial score (nSPS) is 15.2. The van der Waals surface area contributed by atoms with Crippen LogP contribution in [-0.4, -0.2) is 29.3 Å². The Morgan fingerprint density at radius 1 is 1.39 bits per heavy atom. The van der Waals surface area contributed by atoms with E-state index in [0.29, 0.717) is 13.0 Å². The molecule has 126 valence electrons. The average Bonchev–Trinajstić information content (AvgIpc) is 2.85. The Morgan fingerprint density at radius 2 is 2.09 bits per heavy atom. The van der Waals surface area contributed by atoms with E-state index in [2.05, 4.69) is 0 Å². The molecule has 1 aromatic carbocycles. The fourth-order valence-corrected chi connectivity index (χ4v) is 2.60. The molecule has 1 amide bonds. The summed E-state index contributed by atoms with van der Waals surface area (Å²) >= 11 is 0. The van der Waals surface area contributed by atoms with Gasteiger partial charge in [0.15, 0.2) is 0 Å². The maximum Gasteiger partial charge on any atom is 0.414 e. The number of aliphatic carboxylic acids is 1. The molecule has 0 bridgehead atoms. The Bertz CT molecular complexity index is 607. The first-order valence-electron chi connectivity index (χ1n) is 7.78. The zero-order chi connectivity index (χ0) is 17.2. The Labute approximate surface area is 136 Å². The maximum absolute atomic E-state index is 12.2. The Kier molecular flexibility index (Phi) is 4.94. The highest BCUT2D eigenvalue weighted by Crippen LogP contribution is 2.32. The first kappa shape index (κ1) is 17.3. The second-order valence-corrected chi connectivity index (χ2v) is 6.81. The van der Waals surface area contributed by atoms with Gasteiger partial charge in [0.2, 0.25) is 0 Å². The number of carboxylic acids is 1. The second kappa shape index (κ2) is 6.58. The number of carboxylic acid groups (broad SMARTS) is 1. The van der Waals surface area contributed by atoms with Crippen molar-refractivity contribution in [2.75, 3.05) is 11.4 Å². The highest BCUT2D eigenvalue weighted by molar-refractivity contribution is 5.90. The Balaban J connectivity index is 2.11. The predicted octanol–water partition coefficient (Wildman–Crippen LogP) is 2.85. The molecule has 2 rings (SSSR count). The van der Waals surface area contributed by atoms with Crippen molar-refractivity contribution >= 4 is 17.7 Å². The Hall–Kier alpha value is -2.08. The number of fused-ring (bicyclic) bond motifs is 1. The van der Waals surface area contributed by atoms with Gasteiger partial charge in [-0.1, -0.05) is 12.1 Å². The van der Waals surface area contributed by atoms with Crippen LogP contribution in [0.1, 0.15) is 50.8 Å². The van der Waals surface area contributed by atoms with Crippen molar-refractivity contribution in [1.82, 2.24) is 0 Å². The van der Waals surface area contributed by atoms with Crippen LogP contribution in [0.15, 0.2) is 18.2 Å². The first-order valence-corrected chi connectivity index (χ1v) is 7.78. The molecule has 0 spiro atoms. The van der Waals surface area contributed by atoms with Gasteiger partial charge in [-0.2, -0.15) is 0 Å². The topological polar surface area (TPSA) is 92.9 Å². The summed E-state index contributed by atoms with van der Waals surface area (Å²) in [5.41, 5.74) is 8.30. The van der Waals surface area contributed by atoms with Crippen LogP contribution < -0.4 is 10.6 Å². The lowest BCUT2D eigenvalue weighted by Gasteiger charge is -2.25. The third-order valence-electron chi connectivity index (χ3n) is 3.71. The fourth-order valence-electron chi connectivity index (χ4n) is 2.60. The number of rotatable bonds is 4. The number of hydrogen-bond acceptors (Lipinski definition) is 4. The summed E-state index contributed by atoms with van der Waals surface area (Å²) in [6, 6.07) is 5.37. The number of carbonyl (C=O) groups is 2. The van der Waals surface area contributed by atoms with Gasteiger partial charge in [-0.3, -0.25) is 9.69 Å². The quantitative estimate of drug-likeness (QED) is 0.890. The summed E-state index contributed by atoms with van der Waals surface area (Å²) < 4.78 is 5.42. The molecule has 23 heavy (non-hydrogen) atoms. The molecule has 0 fully saturated rings. The van der Waals surface area contributed by atoms with Gasteiger partial charge in [0.25, 0.3) is 0 Å². The van der Waals surface area contributed by atoms with Crippen LogP contribution in [0.3, 0.4) is 0 Å². The lowest BCUT2D eigenvalue weighted by molar-refractivity contribution is -0.137. The van der Waals surface area contributed by atoms with Crippen LogP contribution in [-0.2, 0) is 16.0 Å². The number of ether oxygens (including phenoxy) is 1. The second-order valence-electron chi connectivity index (χ2n) is 6.81. The lowest BCUT2D eigenvalue weighted by atomic mass is 9.99. The van der Waals surface area contributed by atoms with Crippen LogP contribution in [0, 0.1) is 0 Å². The van der Waals surface area contributed by atoms with Crippen LogP contribution in [0.25, 0.3) is 0 Å². The van der Waals surface area contributed by atoms with Crippen LogP contribution in [0.5, 0.6) is 0 Å². The fraction of sp³-hybridized carbons (Fsp3) is 0.529. The van der Waals surface area contributed by atoms with Gasteiger partial charge in [0.05, 0.1) is 5.69 Å². The number of carbonyl (C=O) groups excluding carboxylic acids is 1. The van der Waals surface area contributed by atoms with Gasteiger partial charge in [0, 0.05) is 19.0 Å². The van der Waals surface area contributed by atoms with Crippen molar-refractivity contribution in [3.8, 4) is 0 Å². The average molecular weight is 320 g/mol. The van der Waals surface area contributed by atoms with E-state index in [0.717, 1.165) is 23.2 Å². The smallest absolute Gasteiger partial charge is 0.414 e. The monoisotopic (exact) mass is 320 g/mol. The number of amides is 1.